The smallest absolute Gasteiger partial charge is 0.327 e. The summed E-state index contributed by atoms with van der Waals surface area (Å²) in [5, 5.41) is 0. The van der Waals surface area contributed by atoms with E-state index in [4.69, 9.17) is 5.73 Å². The van der Waals surface area contributed by atoms with Crippen molar-refractivity contribution in [2.24, 2.45) is 5.73 Å². The molecule has 4 nitrogen and oxygen atoms in total. The molecule has 3 aromatic carbocycles. The van der Waals surface area contributed by atoms with Crippen LogP contribution in [0.2, 0.25) is 0 Å². The highest BCUT2D eigenvalue weighted by Crippen LogP contribution is 2.48. The Labute approximate surface area is 192 Å². The average Bonchev–Trinajstić information content (AvgIpc) is 2.76. The summed E-state index contributed by atoms with van der Waals surface area (Å²) >= 11 is 0. The van der Waals surface area contributed by atoms with Gasteiger partial charge in [0.1, 0.15) is 0 Å². The third-order valence-electron chi connectivity index (χ3n) is 5.51. The molecule has 0 aliphatic carbocycles. The van der Waals surface area contributed by atoms with Gasteiger partial charge in [-0.15, -0.1) is 0 Å². The molecule has 33 heavy (non-hydrogen) atoms. The van der Waals surface area contributed by atoms with E-state index in [2.05, 4.69) is 0 Å². The maximum Gasteiger partial charge on any atom is 0.412 e. The normalized spacial score (nSPS) is 15.2. The van der Waals surface area contributed by atoms with Gasteiger partial charge in [-0.25, -0.2) is 8.42 Å². The predicted octanol–water partition coefficient (Wildman–Crippen LogP) is 5.03. The number of hydrogen-bond donors (Lipinski definition) is 1. The van der Waals surface area contributed by atoms with E-state index >= 15 is 13.2 Å². The first-order valence-electron chi connectivity index (χ1n) is 10.5. The molecule has 3 rings (SSSR count). The lowest BCUT2D eigenvalue weighted by Crippen LogP contribution is -2.61. The molecule has 0 bridgehead atoms. The monoisotopic (exact) mass is 476 g/mol. The summed E-state index contributed by atoms with van der Waals surface area (Å²) in [5.41, 5.74) is 4.04. The van der Waals surface area contributed by atoms with Crippen LogP contribution in [0.5, 0.6) is 0 Å². The van der Waals surface area contributed by atoms with Crippen LogP contribution in [0.25, 0.3) is 0 Å². The van der Waals surface area contributed by atoms with Crippen LogP contribution >= 0.6 is 0 Å². The number of aryl methyl sites for hydroxylation is 1. The second kappa shape index (κ2) is 9.67. The average molecular weight is 477 g/mol. The Hall–Kier alpha value is -2.68. The fourth-order valence-electron chi connectivity index (χ4n) is 3.90. The molecule has 0 aliphatic heterocycles. The number of rotatable bonds is 8. The maximum atomic E-state index is 15.2. The lowest BCUT2D eigenvalue weighted by Gasteiger charge is -2.45. The zero-order valence-electron chi connectivity index (χ0n) is 18.5. The lowest BCUT2D eigenvalue weighted by atomic mass is 9.82. The third kappa shape index (κ3) is 5.13. The Morgan fingerprint density at radius 3 is 1.88 bits per heavy atom. The highest BCUT2D eigenvalue weighted by atomic mass is 32.2. The first-order valence-corrected chi connectivity index (χ1v) is 11.9. The summed E-state index contributed by atoms with van der Waals surface area (Å²) in [5.74, 6) is 0. The summed E-state index contributed by atoms with van der Waals surface area (Å²) in [6.45, 7) is 2.75. The zero-order chi connectivity index (χ0) is 24.3. The van der Waals surface area contributed by atoms with E-state index in [0.29, 0.717) is 9.87 Å². The molecule has 0 fully saturated rings. The number of hydrogen-bond acceptors (Lipinski definition) is 3. The number of halogens is 3. The van der Waals surface area contributed by atoms with E-state index in [1.165, 1.54) is 43.3 Å². The van der Waals surface area contributed by atoms with Gasteiger partial charge in [-0.3, -0.25) is 0 Å². The predicted molar refractivity (Wildman–Crippen MR) is 123 cm³/mol. The number of nitrogens with two attached hydrogens (primary N) is 1. The zero-order valence-corrected chi connectivity index (χ0v) is 19.3. The SMILES string of the molecule is Cc1ccc(S(=O)(=O)N(CC(C)N)C(Cc2ccccc2)(c2ccccc2)C(F)(F)F)cc1. The van der Waals surface area contributed by atoms with Crippen molar-refractivity contribution < 1.29 is 21.6 Å². The minimum atomic E-state index is -4.95. The highest BCUT2D eigenvalue weighted by Gasteiger charge is 2.62. The molecular weight excluding hydrogens is 449 g/mol. The standard InChI is InChI=1S/C25H27F3N2O2S/c1-19-13-15-23(16-14-19)33(31,32)30(18-20(2)29)24(25(26,27)28,22-11-7-4-8-12-22)17-21-9-5-3-6-10-21/h3-16,20H,17-18,29H2,1-2H3. The first kappa shape index (κ1) is 25.0. The molecule has 8 heteroatoms. The first-order chi connectivity index (χ1) is 15.5. The van der Waals surface area contributed by atoms with Gasteiger partial charge in [0.05, 0.1) is 4.90 Å². The largest absolute Gasteiger partial charge is 0.412 e. The van der Waals surface area contributed by atoms with Crippen LogP contribution < -0.4 is 5.73 Å². The molecule has 2 unspecified atom stereocenters. The van der Waals surface area contributed by atoms with Crippen molar-refractivity contribution in [3.63, 3.8) is 0 Å². The van der Waals surface area contributed by atoms with Crippen LogP contribution in [-0.4, -0.2) is 31.5 Å². The second-order valence-electron chi connectivity index (χ2n) is 8.21. The summed E-state index contributed by atoms with van der Waals surface area (Å²) in [6, 6.07) is 20.2. The van der Waals surface area contributed by atoms with E-state index in [0.717, 1.165) is 5.56 Å². The molecule has 176 valence electrons. The Morgan fingerprint density at radius 2 is 1.39 bits per heavy atom. The van der Waals surface area contributed by atoms with Crippen molar-refractivity contribution in [2.75, 3.05) is 6.54 Å². The van der Waals surface area contributed by atoms with E-state index in [-0.39, 0.29) is 10.5 Å². The summed E-state index contributed by atoms with van der Waals surface area (Å²) in [7, 11) is -4.59. The van der Waals surface area contributed by atoms with Gasteiger partial charge in [-0.2, -0.15) is 17.5 Å². The summed E-state index contributed by atoms with van der Waals surface area (Å²) in [6.07, 6.45) is -5.55. The fourth-order valence-corrected chi connectivity index (χ4v) is 5.75. The van der Waals surface area contributed by atoms with Gasteiger partial charge in [0.25, 0.3) is 0 Å². The minimum absolute atomic E-state index is 0.169. The van der Waals surface area contributed by atoms with E-state index in [1.807, 2.05) is 0 Å². The molecular formula is C25H27F3N2O2S. The number of benzene rings is 3. The van der Waals surface area contributed by atoms with Gasteiger partial charge >= 0.3 is 6.18 Å². The van der Waals surface area contributed by atoms with Gasteiger partial charge < -0.3 is 5.73 Å². The van der Waals surface area contributed by atoms with Gasteiger partial charge in [-0.1, -0.05) is 78.4 Å². The molecule has 0 aromatic heterocycles. The lowest BCUT2D eigenvalue weighted by molar-refractivity contribution is -0.223. The quantitative estimate of drug-likeness (QED) is 0.496. The summed E-state index contributed by atoms with van der Waals surface area (Å²) in [4.78, 5) is -0.216. The maximum absolute atomic E-state index is 15.2. The molecule has 0 amide bonds. The number of alkyl halides is 3. The molecule has 0 heterocycles. The van der Waals surface area contributed by atoms with Crippen molar-refractivity contribution in [1.29, 1.82) is 0 Å². The van der Waals surface area contributed by atoms with Crippen LogP contribution in [0.3, 0.4) is 0 Å². The van der Waals surface area contributed by atoms with Crippen molar-refractivity contribution in [2.45, 2.75) is 42.9 Å². The topological polar surface area (TPSA) is 63.4 Å². The minimum Gasteiger partial charge on any atom is -0.327 e. The Morgan fingerprint density at radius 1 is 0.879 bits per heavy atom. The van der Waals surface area contributed by atoms with E-state index in [1.54, 1.807) is 55.5 Å². The number of sulfonamides is 1. The molecule has 0 radical (unpaired) electrons. The Kier molecular flexibility index (Phi) is 7.31. The van der Waals surface area contributed by atoms with Crippen LogP contribution in [0, 0.1) is 6.92 Å². The molecule has 3 aromatic rings. The molecule has 2 N–H and O–H groups in total. The molecule has 2 atom stereocenters. The highest BCUT2D eigenvalue weighted by molar-refractivity contribution is 7.89. The van der Waals surface area contributed by atoms with Crippen molar-refractivity contribution in [1.82, 2.24) is 4.31 Å². The fraction of sp³-hybridized carbons (Fsp3) is 0.280. The molecule has 0 spiro atoms. The van der Waals surface area contributed by atoms with Crippen molar-refractivity contribution in [3.8, 4) is 0 Å². The van der Waals surface area contributed by atoms with Crippen LogP contribution in [0.4, 0.5) is 13.2 Å². The van der Waals surface area contributed by atoms with Gasteiger partial charge in [0.15, 0.2) is 5.54 Å². The Bertz CT molecular complexity index is 1150. The van der Waals surface area contributed by atoms with Gasteiger partial charge in [0.2, 0.25) is 10.0 Å². The molecule has 0 saturated heterocycles. The summed E-state index contributed by atoms with van der Waals surface area (Å²) < 4.78 is 73.8. The van der Waals surface area contributed by atoms with Gasteiger partial charge in [-0.05, 0) is 37.1 Å². The molecule has 0 saturated carbocycles. The van der Waals surface area contributed by atoms with E-state index < -0.39 is 40.7 Å². The van der Waals surface area contributed by atoms with Crippen molar-refractivity contribution >= 4 is 10.0 Å². The third-order valence-corrected chi connectivity index (χ3v) is 7.42. The van der Waals surface area contributed by atoms with Crippen LogP contribution in [-0.2, 0) is 22.0 Å². The van der Waals surface area contributed by atoms with Crippen molar-refractivity contribution in [3.05, 3.63) is 102 Å². The molecule has 0 aliphatic rings. The van der Waals surface area contributed by atoms with Crippen LogP contribution in [0.1, 0.15) is 23.6 Å². The van der Waals surface area contributed by atoms with Crippen LogP contribution in [0.15, 0.2) is 89.8 Å². The van der Waals surface area contributed by atoms with Gasteiger partial charge in [0, 0.05) is 19.0 Å². The second-order valence-corrected chi connectivity index (χ2v) is 10.1. The number of nitrogens with zero attached hydrogens (tertiary/aromatic N) is 1. The van der Waals surface area contributed by atoms with E-state index in [9.17, 15) is 8.42 Å². The Balaban J connectivity index is 2.35.